The standard InChI is InChI=1S/C22H28F3N4O9P/c1-11(2)36-19(32)12(3)28-39(34,38-13-7-5-4-6-8-13)35-10-22(20(24)25)16(31)15(30)18(37-22)29-9-14(23)17(26)27-21(29)33/h4-9,11-12,15-16,18,20,30-31H,10H2,1-3H3,(H,28,34)(H2,26,27,33)/t12-,15-,16-,18+,22+,39?/m0/s1. The van der Waals surface area contributed by atoms with E-state index in [4.69, 9.17) is 24.3 Å². The topological polar surface area (TPSA) is 184 Å². The van der Waals surface area contributed by atoms with Gasteiger partial charge in [0.15, 0.2) is 23.5 Å². The van der Waals surface area contributed by atoms with E-state index < -0.39 is 80.3 Å². The van der Waals surface area contributed by atoms with Crippen LogP contribution >= 0.6 is 7.75 Å². The smallest absolute Gasteiger partial charge is 0.459 e. The number of nitrogens with two attached hydrogens (primary N) is 1. The van der Waals surface area contributed by atoms with Crippen LogP contribution in [0.2, 0.25) is 0 Å². The predicted molar refractivity (Wildman–Crippen MR) is 128 cm³/mol. The van der Waals surface area contributed by atoms with Gasteiger partial charge in [-0.2, -0.15) is 10.1 Å². The molecule has 1 aliphatic heterocycles. The van der Waals surface area contributed by atoms with E-state index in [1.165, 1.54) is 31.2 Å². The zero-order chi connectivity index (χ0) is 29.1. The molecule has 2 aromatic rings. The number of nitrogens with one attached hydrogen (secondary N) is 1. The second-order valence-electron chi connectivity index (χ2n) is 8.88. The Bertz CT molecular complexity index is 1270. The van der Waals surface area contributed by atoms with Crippen LogP contribution in [-0.4, -0.2) is 68.7 Å². The van der Waals surface area contributed by atoms with Gasteiger partial charge in [0, 0.05) is 0 Å². The number of nitrogens with zero attached hydrogens (tertiary/aromatic N) is 2. The molecule has 1 aromatic heterocycles. The summed E-state index contributed by atoms with van der Waals surface area (Å²) in [5, 5.41) is 23.3. The van der Waals surface area contributed by atoms with Gasteiger partial charge in [-0.25, -0.2) is 22.5 Å². The van der Waals surface area contributed by atoms with Crippen molar-refractivity contribution in [1.82, 2.24) is 14.6 Å². The van der Waals surface area contributed by atoms with Crippen LogP contribution in [0.1, 0.15) is 27.0 Å². The van der Waals surface area contributed by atoms with Crippen LogP contribution in [0, 0.1) is 5.82 Å². The Morgan fingerprint density at radius 3 is 2.51 bits per heavy atom. The summed E-state index contributed by atoms with van der Waals surface area (Å²) in [6, 6.07) is 6.06. The predicted octanol–water partition coefficient (Wildman–Crippen LogP) is 1.35. The Morgan fingerprint density at radius 1 is 1.28 bits per heavy atom. The number of hydrogen-bond acceptors (Lipinski definition) is 11. The highest BCUT2D eigenvalue weighted by Crippen LogP contribution is 2.49. The van der Waals surface area contributed by atoms with Gasteiger partial charge in [0.05, 0.1) is 18.9 Å². The third-order valence-electron chi connectivity index (χ3n) is 5.52. The first kappa shape index (κ1) is 30.5. The van der Waals surface area contributed by atoms with Gasteiger partial charge in [-0.15, -0.1) is 0 Å². The normalized spacial score (nSPS) is 25.4. The van der Waals surface area contributed by atoms with E-state index in [0.29, 0.717) is 10.8 Å². The summed E-state index contributed by atoms with van der Waals surface area (Å²) in [6.45, 7) is 3.01. The Labute approximate surface area is 220 Å². The van der Waals surface area contributed by atoms with Gasteiger partial charge >= 0.3 is 19.4 Å². The van der Waals surface area contributed by atoms with Crippen molar-refractivity contribution in [3.05, 3.63) is 52.8 Å². The molecule has 5 N–H and O–H groups in total. The van der Waals surface area contributed by atoms with E-state index in [1.807, 2.05) is 0 Å². The summed E-state index contributed by atoms with van der Waals surface area (Å²) >= 11 is 0. The molecule has 0 saturated carbocycles. The highest BCUT2D eigenvalue weighted by Gasteiger charge is 2.61. The van der Waals surface area contributed by atoms with Gasteiger partial charge in [-0.3, -0.25) is 13.9 Å². The van der Waals surface area contributed by atoms with E-state index in [9.17, 15) is 37.5 Å². The maximum absolute atomic E-state index is 14.4. The minimum absolute atomic E-state index is 0.0374. The number of carbonyl (C=O) groups is 1. The summed E-state index contributed by atoms with van der Waals surface area (Å²) in [7, 11) is -4.71. The third-order valence-corrected chi connectivity index (χ3v) is 7.14. The highest BCUT2D eigenvalue weighted by molar-refractivity contribution is 7.52. The van der Waals surface area contributed by atoms with Crippen molar-refractivity contribution >= 4 is 19.5 Å². The minimum atomic E-state index is -4.71. The number of rotatable bonds is 11. The van der Waals surface area contributed by atoms with E-state index in [0.717, 1.165) is 0 Å². The number of aromatic nitrogens is 2. The van der Waals surface area contributed by atoms with Crippen LogP contribution in [0.5, 0.6) is 5.75 Å². The number of benzene rings is 1. The van der Waals surface area contributed by atoms with Gasteiger partial charge < -0.3 is 29.9 Å². The van der Waals surface area contributed by atoms with Crippen molar-refractivity contribution in [2.24, 2.45) is 0 Å². The molecule has 1 saturated heterocycles. The van der Waals surface area contributed by atoms with Crippen LogP contribution in [0.15, 0.2) is 41.3 Å². The fourth-order valence-electron chi connectivity index (χ4n) is 3.55. The number of halogens is 3. The molecule has 216 valence electrons. The molecule has 2 heterocycles. The Balaban J connectivity index is 1.92. The van der Waals surface area contributed by atoms with E-state index in [1.54, 1.807) is 19.9 Å². The van der Waals surface area contributed by atoms with Gasteiger partial charge in [0.25, 0.3) is 6.43 Å². The first-order valence-electron chi connectivity index (χ1n) is 11.5. The van der Waals surface area contributed by atoms with Crippen LogP contribution in [0.4, 0.5) is 19.0 Å². The number of esters is 1. The molecule has 1 aromatic carbocycles. The molecule has 17 heteroatoms. The van der Waals surface area contributed by atoms with Crippen LogP contribution in [0.3, 0.4) is 0 Å². The maximum Gasteiger partial charge on any atom is 0.459 e. The van der Waals surface area contributed by atoms with Crippen LogP contribution < -0.4 is 21.0 Å². The number of aliphatic hydroxyl groups is 2. The SMILES string of the molecule is CC(C)OC(=O)[C@H](C)NP(=O)(OC[C@@]1(C(F)F)O[C@@H](n2cc(F)c(N)nc2=O)[C@@H](O)[C@@H]1O)Oc1ccccc1. The molecule has 13 nitrogen and oxygen atoms in total. The molecule has 39 heavy (non-hydrogen) atoms. The Kier molecular flexibility index (Phi) is 9.41. The van der Waals surface area contributed by atoms with Crippen molar-refractivity contribution in [1.29, 1.82) is 0 Å². The lowest BCUT2D eigenvalue weighted by molar-refractivity contribution is -0.193. The Hall–Kier alpha value is -3.01. The number of para-hydroxylation sites is 1. The van der Waals surface area contributed by atoms with Crippen molar-refractivity contribution in [2.45, 2.75) is 63.4 Å². The lowest BCUT2D eigenvalue weighted by atomic mass is 9.96. The zero-order valence-electron chi connectivity index (χ0n) is 20.9. The maximum atomic E-state index is 14.4. The molecule has 1 unspecified atom stereocenters. The second-order valence-corrected chi connectivity index (χ2v) is 10.6. The highest BCUT2D eigenvalue weighted by atomic mass is 31.2. The molecule has 3 rings (SSSR count). The van der Waals surface area contributed by atoms with Gasteiger partial charge in [-0.05, 0) is 32.9 Å². The first-order chi connectivity index (χ1) is 18.2. The molecule has 0 bridgehead atoms. The molecule has 6 atom stereocenters. The van der Waals surface area contributed by atoms with E-state index >= 15 is 0 Å². The van der Waals surface area contributed by atoms with Gasteiger partial charge in [0.1, 0.15) is 24.0 Å². The molecule has 0 spiro atoms. The van der Waals surface area contributed by atoms with Crippen molar-refractivity contribution < 1.29 is 51.3 Å². The van der Waals surface area contributed by atoms with Crippen LogP contribution in [-0.2, 0) is 23.4 Å². The number of alkyl halides is 2. The van der Waals surface area contributed by atoms with Gasteiger partial charge in [-0.1, -0.05) is 18.2 Å². The lowest BCUT2D eigenvalue weighted by Crippen LogP contribution is -2.53. The number of ether oxygens (including phenoxy) is 2. The average molecular weight is 580 g/mol. The summed E-state index contributed by atoms with van der Waals surface area (Å²) in [6.07, 6.45) is -10.4. The molecule has 0 aliphatic carbocycles. The van der Waals surface area contributed by atoms with Crippen molar-refractivity contribution in [3.8, 4) is 5.75 Å². The largest absolute Gasteiger partial charge is 0.462 e. The van der Waals surface area contributed by atoms with E-state index in [2.05, 4.69) is 10.1 Å². The number of hydrogen-bond donors (Lipinski definition) is 4. The quantitative estimate of drug-likeness (QED) is 0.221. The van der Waals surface area contributed by atoms with Crippen molar-refractivity contribution in [3.63, 3.8) is 0 Å². The fourth-order valence-corrected chi connectivity index (χ4v) is 5.08. The summed E-state index contributed by atoms with van der Waals surface area (Å²) in [5.41, 5.74) is 0.854. The summed E-state index contributed by atoms with van der Waals surface area (Å²) < 4.78 is 77.5. The molecule has 0 radical (unpaired) electrons. The minimum Gasteiger partial charge on any atom is -0.462 e. The number of carbonyl (C=O) groups excluding carboxylic acids is 1. The molecular formula is C22H28F3N4O9P. The summed E-state index contributed by atoms with van der Waals surface area (Å²) in [5.74, 6) is -2.91. The molecular weight excluding hydrogens is 552 g/mol. The number of nitrogen functional groups attached to an aromatic ring is 1. The molecule has 0 amide bonds. The average Bonchev–Trinajstić information content (AvgIpc) is 3.11. The lowest BCUT2D eigenvalue weighted by Gasteiger charge is -2.32. The van der Waals surface area contributed by atoms with Crippen molar-refractivity contribution in [2.75, 3.05) is 12.3 Å². The summed E-state index contributed by atoms with van der Waals surface area (Å²) in [4.78, 5) is 27.6. The third kappa shape index (κ3) is 6.77. The van der Waals surface area contributed by atoms with E-state index in [-0.39, 0.29) is 5.75 Å². The monoisotopic (exact) mass is 580 g/mol. The van der Waals surface area contributed by atoms with Crippen LogP contribution in [0.25, 0.3) is 0 Å². The first-order valence-corrected chi connectivity index (χ1v) is 13.1. The molecule has 1 fully saturated rings. The molecule has 1 aliphatic rings. The second kappa shape index (κ2) is 12.0. The number of aliphatic hydroxyl groups excluding tert-OH is 2. The number of anilines is 1. The van der Waals surface area contributed by atoms with Gasteiger partial charge in [0.2, 0.25) is 0 Å². The fraction of sp³-hybridized carbons (Fsp3) is 0.500. The zero-order valence-corrected chi connectivity index (χ0v) is 21.8. The Morgan fingerprint density at radius 2 is 1.92 bits per heavy atom.